The quantitative estimate of drug-likeness (QED) is 0.536. The second kappa shape index (κ2) is 5.78. The minimum atomic E-state index is -0.394. The minimum Gasteiger partial charge on any atom is -0.507 e. The van der Waals surface area contributed by atoms with Gasteiger partial charge in [-0.25, -0.2) is 4.39 Å². The minimum absolute atomic E-state index is 0.0330. The Kier molecular flexibility index (Phi) is 3.47. The molecule has 4 aromatic rings. The van der Waals surface area contributed by atoms with Gasteiger partial charge in [0.15, 0.2) is 0 Å². The van der Waals surface area contributed by atoms with Crippen molar-refractivity contribution in [1.82, 2.24) is 4.98 Å². The van der Waals surface area contributed by atoms with Crippen molar-refractivity contribution >= 4 is 10.9 Å². The van der Waals surface area contributed by atoms with Gasteiger partial charge in [-0.05, 0) is 29.8 Å². The molecule has 2 nitrogen and oxygen atoms in total. The number of phenols is 1. The number of hydrogen-bond acceptors (Lipinski definition) is 2. The normalized spacial score (nSPS) is 10.9. The monoisotopic (exact) mass is 315 g/mol. The first-order valence-electron chi connectivity index (χ1n) is 7.66. The van der Waals surface area contributed by atoms with E-state index in [0.717, 1.165) is 22.0 Å². The van der Waals surface area contributed by atoms with E-state index in [-0.39, 0.29) is 5.75 Å². The fourth-order valence-corrected chi connectivity index (χ4v) is 2.99. The summed E-state index contributed by atoms with van der Waals surface area (Å²) in [6.45, 7) is 0. The zero-order valence-electron chi connectivity index (χ0n) is 12.8. The molecule has 0 bridgehead atoms. The number of hydrogen-bond donors (Lipinski definition) is 1. The van der Waals surface area contributed by atoms with Crippen LogP contribution in [0, 0.1) is 5.82 Å². The molecule has 24 heavy (non-hydrogen) atoms. The Morgan fingerprint density at radius 1 is 0.792 bits per heavy atom. The fourth-order valence-electron chi connectivity index (χ4n) is 2.99. The van der Waals surface area contributed by atoms with Gasteiger partial charge in [-0.3, -0.25) is 4.98 Å². The zero-order chi connectivity index (χ0) is 16.5. The molecule has 1 aromatic heterocycles. The van der Waals surface area contributed by atoms with Gasteiger partial charge in [0.05, 0.1) is 5.52 Å². The van der Waals surface area contributed by atoms with E-state index in [1.807, 2.05) is 54.6 Å². The number of halogens is 1. The van der Waals surface area contributed by atoms with Crippen molar-refractivity contribution in [2.24, 2.45) is 0 Å². The molecule has 0 atom stereocenters. The summed E-state index contributed by atoms with van der Waals surface area (Å²) in [5.74, 6) is -0.361. The van der Waals surface area contributed by atoms with Crippen LogP contribution in [0.4, 0.5) is 4.39 Å². The molecule has 1 heterocycles. The molecule has 0 radical (unpaired) electrons. The maximum absolute atomic E-state index is 13.7. The lowest BCUT2D eigenvalue weighted by Gasteiger charge is -2.14. The number of rotatable bonds is 2. The van der Waals surface area contributed by atoms with E-state index >= 15 is 0 Å². The average Bonchev–Trinajstić information content (AvgIpc) is 2.63. The Hall–Kier alpha value is -3.20. The Morgan fingerprint density at radius 2 is 1.54 bits per heavy atom. The number of phenolic OH excluding ortho intramolecular Hbond substituents is 1. The highest BCUT2D eigenvalue weighted by molar-refractivity contribution is 6.02. The molecule has 0 amide bonds. The number of aromatic hydroxyl groups is 1. The largest absolute Gasteiger partial charge is 0.507 e. The summed E-state index contributed by atoms with van der Waals surface area (Å²) < 4.78 is 13.7. The lowest BCUT2D eigenvalue weighted by Crippen LogP contribution is -1.91. The first-order chi connectivity index (χ1) is 11.7. The first kappa shape index (κ1) is 14.4. The van der Waals surface area contributed by atoms with Gasteiger partial charge in [0.25, 0.3) is 0 Å². The Morgan fingerprint density at radius 3 is 2.38 bits per heavy atom. The molecule has 0 unspecified atom stereocenters. The highest BCUT2D eigenvalue weighted by Crippen LogP contribution is 2.40. The second-order valence-corrected chi connectivity index (χ2v) is 5.59. The van der Waals surface area contributed by atoms with E-state index in [1.165, 1.54) is 18.2 Å². The van der Waals surface area contributed by atoms with Gasteiger partial charge in [-0.15, -0.1) is 0 Å². The van der Waals surface area contributed by atoms with Gasteiger partial charge in [0, 0.05) is 28.3 Å². The molecule has 0 aliphatic heterocycles. The molecule has 116 valence electrons. The van der Waals surface area contributed by atoms with Crippen LogP contribution in [0.1, 0.15) is 0 Å². The number of fused-ring (bicyclic) bond motifs is 1. The van der Waals surface area contributed by atoms with Gasteiger partial charge >= 0.3 is 0 Å². The molecule has 0 spiro atoms. The van der Waals surface area contributed by atoms with Gasteiger partial charge < -0.3 is 5.11 Å². The number of nitrogens with zero attached hydrogens (tertiary/aromatic N) is 1. The third-order valence-electron chi connectivity index (χ3n) is 4.09. The number of pyridine rings is 1. The van der Waals surface area contributed by atoms with Crippen molar-refractivity contribution in [1.29, 1.82) is 0 Å². The highest BCUT2D eigenvalue weighted by Gasteiger charge is 2.15. The Bertz CT molecular complexity index is 1030. The van der Waals surface area contributed by atoms with Crippen LogP contribution in [-0.4, -0.2) is 10.1 Å². The lowest BCUT2D eigenvalue weighted by atomic mass is 9.92. The van der Waals surface area contributed by atoms with Crippen LogP contribution in [0.25, 0.3) is 33.2 Å². The summed E-state index contributed by atoms with van der Waals surface area (Å²) in [6, 6.07) is 21.6. The number of aromatic nitrogens is 1. The number of para-hydroxylation sites is 1. The van der Waals surface area contributed by atoms with Crippen LogP contribution in [0.3, 0.4) is 0 Å². The van der Waals surface area contributed by atoms with E-state index in [9.17, 15) is 9.50 Å². The zero-order valence-corrected chi connectivity index (χ0v) is 12.8. The van der Waals surface area contributed by atoms with Crippen LogP contribution in [0.2, 0.25) is 0 Å². The molecule has 0 fully saturated rings. The molecule has 3 aromatic carbocycles. The highest BCUT2D eigenvalue weighted by atomic mass is 19.1. The first-order valence-corrected chi connectivity index (χ1v) is 7.66. The van der Waals surface area contributed by atoms with Gasteiger partial charge in [-0.1, -0.05) is 48.5 Å². The van der Waals surface area contributed by atoms with E-state index in [4.69, 9.17) is 0 Å². The lowest BCUT2D eigenvalue weighted by molar-refractivity contribution is 0.475. The van der Waals surface area contributed by atoms with Crippen molar-refractivity contribution in [3.05, 3.63) is 84.8 Å². The molecule has 4 rings (SSSR count). The summed E-state index contributed by atoms with van der Waals surface area (Å²) in [7, 11) is 0. The van der Waals surface area contributed by atoms with E-state index in [0.29, 0.717) is 11.1 Å². The molecule has 0 aliphatic carbocycles. The van der Waals surface area contributed by atoms with Crippen molar-refractivity contribution in [3.8, 4) is 28.0 Å². The molecule has 3 heteroatoms. The second-order valence-electron chi connectivity index (χ2n) is 5.59. The maximum Gasteiger partial charge on any atom is 0.124 e. The van der Waals surface area contributed by atoms with Gasteiger partial charge in [0.1, 0.15) is 11.6 Å². The van der Waals surface area contributed by atoms with E-state index < -0.39 is 5.82 Å². The summed E-state index contributed by atoms with van der Waals surface area (Å²) in [4.78, 5) is 4.48. The Balaban J connectivity index is 2.11. The third-order valence-corrected chi connectivity index (χ3v) is 4.09. The Labute approximate surface area is 138 Å². The summed E-state index contributed by atoms with van der Waals surface area (Å²) in [5.41, 5.74) is 3.93. The van der Waals surface area contributed by atoms with Crippen molar-refractivity contribution in [2.45, 2.75) is 0 Å². The van der Waals surface area contributed by atoms with Crippen molar-refractivity contribution in [2.75, 3.05) is 0 Å². The van der Waals surface area contributed by atoms with E-state index in [1.54, 1.807) is 6.20 Å². The van der Waals surface area contributed by atoms with Crippen LogP contribution in [0.5, 0.6) is 5.75 Å². The van der Waals surface area contributed by atoms with Crippen LogP contribution in [-0.2, 0) is 0 Å². The van der Waals surface area contributed by atoms with Crippen molar-refractivity contribution < 1.29 is 9.50 Å². The fraction of sp³-hybridized carbons (Fsp3) is 0. The molecule has 0 saturated heterocycles. The predicted octanol–water partition coefficient (Wildman–Crippen LogP) is 5.41. The van der Waals surface area contributed by atoms with Crippen LogP contribution >= 0.6 is 0 Å². The standard InChI is InChI=1S/C21H14FNO/c22-15-10-11-20(24)17(12-15)18-13-23-19-9-5-4-8-16(19)21(18)14-6-2-1-3-7-14/h1-13,24H. The van der Waals surface area contributed by atoms with Crippen LogP contribution < -0.4 is 0 Å². The van der Waals surface area contributed by atoms with E-state index in [2.05, 4.69) is 4.98 Å². The smallest absolute Gasteiger partial charge is 0.124 e. The third kappa shape index (κ3) is 2.40. The topological polar surface area (TPSA) is 33.1 Å². The molecule has 0 aliphatic rings. The molecular formula is C21H14FNO. The summed E-state index contributed by atoms with van der Waals surface area (Å²) in [5, 5.41) is 11.2. The summed E-state index contributed by atoms with van der Waals surface area (Å²) >= 11 is 0. The summed E-state index contributed by atoms with van der Waals surface area (Å²) in [6.07, 6.45) is 1.69. The number of benzene rings is 3. The molecular weight excluding hydrogens is 301 g/mol. The van der Waals surface area contributed by atoms with Crippen molar-refractivity contribution in [3.63, 3.8) is 0 Å². The molecule has 1 N–H and O–H groups in total. The average molecular weight is 315 g/mol. The van der Waals surface area contributed by atoms with Gasteiger partial charge in [0.2, 0.25) is 0 Å². The molecule has 0 saturated carbocycles. The predicted molar refractivity (Wildman–Crippen MR) is 94.2 cm³/mol. The van der Waals surface area contributed by atoms with Crippen LogP contribution in [0.15, 0.2) is 79.0 Å². The SMILES string of the molecule is Oc1ccc(F)cc1-c1cnc2ccccc2c1-c1ccccc1. The maximum atomic E-state index is 13.7. The van der Waals surface area contributed by atoms with Gasteiger partial charge in [-0.2, -0.15) is 0 Å².